The molecule has 6 heteroatoms. The van der Waals surface area contributed by atoms with Crippen LogP contribution in [-0.4, -0.2) is 38.1 Å². The van der Waals surface area contributed by atoms with Crippen LogP contribution in [0.5, 0.6) is 0 Å². The SMILES string of the molecule is Cc1cc(=O)nc2c3ccccc3n(CC(=O)N3CCCCCC3)n12. The summed E-state index contributed by atoms with van der Waals surface area (Å²) >= 11 is 0. The number of rotatable bonds is 2. The molecule has 3 heterocycles. The molecule has 1 aliphatic heterocycles. The lowest BCUT2D eigenvalue weighted by atomic mass is 10.2. The topological polar surface area (TPSA) is 59.6 Å². The highest BCUT2D eigenvalue weighted by atomic mass is 16.2. The van der Waals surface area contributed by atoms with Gasteiger partial charge in [0.25, 0.3) is 5.56 Å². The molecule has 0 bridgehead atoms. The van der Waals surface area contributed by atoms with E-state index < -0.39 is 0 Å². The normalized spacial score (nSPS) is 15.6. The van der Waals surface area contributed by atoms with E-state index in [4.69, 9.17) is 0 Å². The molecule has 0 aliphatic carbocycles. The number of fused-ring (bicyclic) bond motifs is 3. The van der Waals surface area contributed by atoms with Crippen molar-refractivity contribution < 1.29 is 4.79 Å². The number of hydrogen-bond donors (Lipinski definition) is 0. The number of nitrogens with zero attached hydrogens (tertiary/aromatic N) is 4. The lowest BCUT2D eigenvalue weighted by Gasteiger charge is -2.21. The fraction of sp³-hybridized carbons (Fsp3) is 0.421. The molecule has 1 amide bonds. The minimum atomic E-state index is -0.251. The first-order valence-electron chi connectivity index (χ1n) is 8.91. The van der Waals surface area contributed by atoms with Crippen molar-refractivity contribution in [3.63, 3.8) is 0 Å². The van der Waals surface area contributed by atoms with Crippen molar-refractivity contribution in [2.24, 2.45) is 0 Å². The first kappa shape index (κ1) is 15.9. The van der Waals surface area contributed by atoms with Crippen LogP contribution in [0.25, 0.3) is 16.6 Å². The van der Waals surface area contributed by atoms with E-state index in [0.717, 1.165) is 42.5 Å². The maximum Gasteiger partial charge on any atom is 0.273 e. The Kier molecular flexibility index (Phi) is 4.03. The highest BCUT2D eigenvalue weighted by Gasteiger charge is 2.19. The van der Waals surface area contributed by atoms with Crippen molar-refractivity contribution in [1.82, 2.24) is 19.1 Å². The van der Waals surface area contributed by atoms with Crippen molar-refractivity contribution in [2.75, 3.05) is 13.1 Å². The zero-order chi connectivity index (χ0) is 17.4. The molecule has 6 nitrogen and oxygen atoms in total. The van der Waals surface area contributed by atoms with E-state index >= 15 is 0 Å². The van der Waals surface area contributed by atoms with Crippen molar-refractivity contribution in [1.29, 1.82) is 0 Å². The van der Waals surface area contributed by atoms with Crippen LogP contribution < -0.4 is 5.56 Å². The number of carbonyl (C=O) groups is 1. The average Bonchev–Trinajstić information content (AvgIpc) is 2.77. The molecular weight excluding hydrogens is 316 g/mol. The summed E-state index contributed by atoms with van der Waals surface area (Å²) in [5.74, 6) is 0.127. The minimum absolute atomic E-state index is 0.127. The number of aryl methyl sites for hydroxylation is 1. The number of para-hydroxylation sites is 1. The molecule has 0 spiro atoms. The molecule has 0 N–H and O–H groups in total. The summed E-state index contributed by atoms with van der Waals surface area (Å²) in [6, 6.07) is 9.31. The first-order chi connectivity index (χ1) is 12.1. The monoisotopic (exact) mass is 338 g/mol. The summed E-state index contributed by atoms with van der Waals surface area (Å²) in [5.41, 5.74) is 2.07. The summed E-state index contributed by atoms with van der Waals surface area (Å²) in [4.78, 5) is 30.9. The number of hydrogen-bond acceptors (Lipinski definition) is 3. The zero-order valence-electron chi connectivity index (χ0n) is 14.4. The minimum Gasteiger partial charge on any atom is -0.341 e. The van der Waals surface area contributed by atoms with Crippen molar-refractivity contribution in [3.8, 4) is 0 Å². The van der Waals surface area contributed by atoms with Crippen LogP contribution in [0.3, 0.4) is 0 Å². The molecular formula is C19H22N4O2. The van der Waals surface area contributed by atoms with E-state index in [0.29, 0.717) is 5.65 Å². The van der Waals surface area contributed by atoms with Crippen LogP contribution in [0.1, 0.15) is 31.4 Å². The maximum absolute atomic E-state index is 12.9. The quantitative estimate of drug-likeness (QED) is 0.721. The predicted molar refractivity (Wildman–Crippen MR) is 96.7 cm³/mol. The van der Waals surface area contributed by atoms with Gasteiger partial charge in [-0.2, -0.15) is 4.98 Å². The van der Waals surface area contributed by atoms with Gasteiger partial charge >= 0.3 is 0 Å². The Balaban J connectivity index is 1.82. The van der Waals surface area contributed by atoms with E-state index in [2.05, 4.69) is 4.98 Å². The lowest BCUT2D eigenvalue weighted by molar-refractivity contribution is -0.131. The summed E-state index contributed by atoms with van der Waals surface area (Å²) < 4.78 is 3.83. The Labute approximate surface area is 145 Å². The van der Waals surface area contributed by atoms with Crippen LogP contribution in [0, 0.1) is 6.92 Å². The van der Waals surface area contributed by atoms with Gasteiger partial charge in [-0.25, -0.2) is 4.52 Å². The average molecular weight is 338 g/mol. The molecule has 1 saturated heterocycles. The Morgan fingerprint density at radius 1 is 1.12 bits per heavy atom. The third-order valence-corrected chi connectivity index (χ3v) is 4.99. The van der Waals surface area contributed by atoms with Crippen LogP contribution in [-0.2, 0) is 11.3 Å². The van der Waals surface area contributed by atoms with E-state index in [1.807, 2.05) is 45.3 Å². The zero-order valence-corrected chi connectivity index (χ0v) is 14.4. The Hall–Kier alpha value is -2.63. The highest BCUT2D eigenvalue weighted by molar-refractivity contribution is 5.93. The largest absolute Gasteiger partial charge is 0.341 e. The van der Waals surface area contributed by atoms with Crippen molar-refractivity contribution in [3.05, 3.63) is 46.4 Å². The molecule has 25 heavy (non-hydrogen) atoms. The summed E-state index contributed by atoms with van der Waals surface area (Å²) in [6.45, 7) is 3.81. The van der Waals surface area contributed by atoms with Gasteiger partial charge in [-0.1, -0.05) is 25.0 Å². The Morgan fingerprint density at radius 2 is 1.84 bits per heavy atom. The second-order valence-corrected chi connectivity index (χ2v) is 6.74. The van der Waals surface area contributed by atoms with E-state index in [1.165, 1.54) is 18.9 Å². The molecule has 4 rings (SSSR count). The van der Waals surface area contributed by atoms with E-state index in [9.17, 15) is 9.59 Å². The Morgan fingerprint density at radius 3 is 2.60 bits per heavy atom. The Bertz CT molecular complexity index is 994. The third-order valence-electron chi connectivity index (χ3n) is 4.99. The van der Waals surface area contributed by atoms with Gasteiger partial charge in [0.05, 0.1) is 5.52 Å². The van der Waals surface area contributed by atoms with Gasteiger partial charge < -0.3 is 4.90 Å². The van der Waals surface area contributed by atoms with E-state index in [-0.39, 0.29) is 18.0 Å². The standard InChI is InChI=1S/C19H22N4O2/c1-14-12-17(24)20-19-15-8-4-5-9-16(15)22(23(14)19)13-18(25)21-10-6-2-3-7-11-21/h4-5,8-9,12H,2-3,6-7,10-11,13H2,1H3. The van der Waals surface area contributed by atoms with Gasteiger partial charge in [0.1, 0.15) is 6.54 Å². The van der Waals surface area contributed by atoms with Gasteiger partial charge in [0.15, 0.2) is 5.65 Å². The van der Waals surface area contributed by atoms with Gasteiger partial charge in [0.2, 0.25) is 5.91 Å². The number of amides is 1. The highest BCUT2D eigenvalue weighted by Crippen LogP contribution is 2.22. The van der Waals surface area contributed by atoms with Crippen molar-refractivity contribution in [2.45, 2.75) is 39.2 Å². The van der Waals surface area contributed by atoms with Gasteiger partial charge in [-0.3, -0.25) is 14.3 Å². The van der Waals surface area contributed by atoms with Crippen LogP contribution >= 0.6 is 0 Å². The summed E-state index contributed by atoms with van der Waals surface area (Å²) in [5, 5.41) is 0.895. The van der Waals surface area contributed by atoms with Gasteiger partial charge in [-0.15, -0.1) is 0 Å². The second kappa shape index (κ2) is 6.35. The number of carbonyl (C=O) groups excluding carboxylic acids is 1. The lowest BCUT2D eigenvalue weighted by Crippen LogP contribution is -2.35. The molecule has 3 aromatic rings. The van der Waals surface area contributed by atoms with Gasteiger partial charge in [-0.05, 0) is 31.9 Å². The molecule has 1 aromatic carbocycles. The van der Waals surface area contributed by atoms with Crippen molar-refractivity contribution >= 4 is 22.5 Å². The van der Waals surface area contributed by atoms with E-state index in [1.54, 1.807) is 0 Å². The van der Waals surface area contributed by atoms with Crippen LogP contribution in [0.15, 0.2) is 35.1 Å². The molecule has 0 radical (unpaired) electrons. The molecule has 1 fully saturated rings. The fourth-order valence-electron chi connectivity index (χ4n) is 3.77. The summed E-state index contributed by atoms with van der Waals surface area (Å²) in [7, 11) is 0. The number of aromatic nitrogens is 3. The van der Waals surface area contributed by atoms with Gasteiger partial charge in [0, 0.05) is 30.2 Å². The second-order valence-electron chi connectivity index (χ2n) is 6.74. The predicted octanol–water partition coefficient (Wildman–Crippen LogP) is 2.36. The van der Waals surface area contributed by atoms with Crippen LogP contribution in [0.4, 0.5) is 0 Å². The number of likely N-dealkylation sites (tertiary alicyclic amines) is 1. The molecule has 0 unspecified atom stereocenters. The molecule has 1 aliphatic rings. The molecule has 2 aromatic heterocycles. The third kappa shape index (κ3) is 2.81. The fourth-order valence-corrected chi connectivity index (χ4v) is 3.77. The molecule has 0 atom stereocenters. The molecule has 0 saturated carbocycles. The first-order valence-corrected chi connectivity index (χ1v) is 8.91. The van der Waals surface area contributed by atoms with Crippen LogP contribution in [0.2, 0.25) is 0 Å². The molecule has 130 valence electrons. The number of benzene rings is 1. The smallest absolute Gasteiger partial charge is 0.273 e. The summed E-state index contributed by atoms with van der Waals surface area (Å²) in [6.07, 6.45) is 4.55. The maximum atomic E-state index is 12.9.